The minimum atomic E-state index is -1.45. The number of carbonyl (C=O) groups excluding carboxylic acids is 2. The van der Waals surface area contributed by atoms with Crippen LogP contribution in [-0.2, 0) is 9.59 Å². The second kappa shape index (κ2) is 6.25. The van der Waals surface area contributed by atoms with Gasteiger partial charge in [-0.25, -0.2) is 0 Å². The molecule has 6 N–H and O–H groups in total. The summed E-state index contributed by atoms with van der Waals surface area (Å²) in [6.45, 7) is 1.58. The predicted octanol–water partition coefficient (Wildman–Crippen LogP) is -2.43. The van der Waals surface area contributed by atoms with Crippen molar-refractivity contribution in [1.29, 1.82) is 0 Å². The van der Waals surface area contributed by atoms with Crippen LogP contribution in [0.2, 0.25) is 0 Å². The van der Waals surface area contributed by atoms with Crippen LogP contribution in [0.25, 0.3) is 0 Å². The molecule has 0 unspecified atom stereocenters. The quantitative estimate of drug-likeness (QED) is 0.330. The van der Waals surface area contributed by atoms with Crippen molar-refractivity contribution < 1.29 is 24.9 Å². The molecule has 3 aliphatic rings. The van der Waals surface area contributed by atoms with Crippen LogP contribution in [-0.4, -0.2) is 71.1 Å². The van der Waals surface area contributed by atoms with Crippen molar-refractivity contribution in [3.8, 4) is 0 Å². The van der Waals surface area contributed by atoms with Crippen LogP contribution in [0.5, 0.6) is 0 Å². The summed E-state index contributed by atoms with van der Waals surface area (Å²) in [5.74, 6) is -0.991. The van der Waals surface area contributed by atoms with Crippen molar-refractivity contribution in [3.63, 3.8) is 0 Å². The number of nitrogens with one attached hydrogen (secondary N) is 3. The van der Waals surface area contributed by atoms with Crippen LogP contribution in [0.1, 0.15) is 19.8 Å². The molecule has 1 saturated heterocycles. The van der Waals surface area contributed by atoms with Crippen molar-refractivity contribution in [3.05, 3.63) is 0 Å². The zero-order valence-electron chi connectivity index (χ0n) is 14.0. The first-order chi connectivity index (χ1) is 11.3. The largest absolute Gasteiger partial charge is 0.394 e. The average molecular weight is 341 g/mol. The van der Waals surface area contributed by atoms with Gasteiger partial charge in [0, 0.05) is 31.5 Å². The molecule has 2 aliphatic carbocycles. The molecular formula is C16H27N3O5. The van der Waals surface area contributed by atoms with E-state index in [0.717, 1.165) is 0 Å². The molecule has 0 spiro atoms. The first-order valence-corrected chi connectivity index (χ1v) is 8.57. The summed E-state index contributed by atoms with van der Waals surface area (Å²) in [5.41, 5.74) is -1.45. The maximum absolute atomic E-state index is 12.3. The molecule has 3 rings (SSSR count). The van der Waals surface area contributed by atoms with E-state index >= 15 is 0 Å². The number of fused-ring (bicyclic) bond motifs is 5. The number of aliphatic hydroxyl groups is 3. The Balaban J connectivity index is 1.98. The molecule has 1 aliphatic heterocycles. The molecule has 8 atom stereocenters. The van der Waals surface area contributed by atoms with Gasteiger partial charge in [0.25, 0.3) is 5.91 Å². The number of piperidine rings is 1. The lowest BCUT2D eigenvalue weighted by Crippen LogP contribution is -2.57. The van der Waals surface area contributed by atoms with Crippen molar-refractivity contribution >= 4 is 11.8 Å². The Morgan fingerprint density at radius 3 is 2.75 bits per heavy atom. The molecule has 8 nitrogen and oxygen atoms in total. The SMILES string of the molecule is CN[C@H]1[C@H](C[C@H](O)CO)[C@@H](NC(C)=O)[C@H]2[C@H]3CNC(=O)[C@@](O)(C3)[C@@H]12. The van der Waals surface area contributed by atoms with E-state index in [1.54, 1.807) is 7.05 Å². The summed E-state index contributed by atoms with van der Waals surface area (Å²) in [7, 11) is 1.76. The molecule has 8 heteroatoms. The van der Waals surface area contributed by atoms with E-state index in [2.05, 4.69) is 16.0 Å². The van der Waals surface area contributed by atoms with Crippen molar-refractivity contribution in [2.24, 2.45) is 23.7 Å². The highest BCUT2D eigenvalue weighted by Crippen LogP contribution is 2.57. The maximum Gasteiger partial charge on any atom is 0.252 e. The minimum Gasteiger partial charge on any atom is -0.394 e. The molecule has 0 aromatic heterocycles. The number of amides is 2. The van der Waals surface area contributed by atoms with E-state index in [1.165, 1.54) is 6.92 Å². The zero-order valence-corrected chi connectivity index (χ0v) is 14.0. The summed E-state index contributed by atoms with van der Waals surface area (Å²) >= 11 is 0. The number of carbonyl (C=O) groups is 2. The summed E-state index contributed by atoms with van der Waals surface area (Å²) < 4.78 is 0. The summed E-state index contributed by atoms with van der Waals surface area (Å²) in [4.78, 5) is 24.1. The van der Waals surface area contributed by atoms with Gasteiger partial charge in [0.15, 0.2) is 0 Å². The molecule has 2 saturated carbocycles. The molecule has 24 heavy (non-hydrogen) atoms. The molecule has 0 aromatic rings. The van der Waals surface area contributed by atoms with Gasteiger partial charge in [-0.15, -0.1) is 0 Å². The van der Waals surface area contributed by atoms with E-state index in [1.807, 2.05) is 0 Å². The summed E-state index contributed by atoms with van der Waals surface area (Å²) in [6.07, 6.45) is -0.202. The highest BCUT2D eigenvalue weighted by atomic mass is 16.3. The Bertz CT molecular complexity index is 530. The summed E-state index contributed by atoms with van der Waals surface area (Å²) in [6, 6.07) is -0.482. The van der Waals surface area contributed by atoms with E-state index < -0.39 is 11.7 Å². The lowest BCUT2D eigenvalue weighted by molar-refractivity contribution is -0.147. The third-order valence-corrected chi connectivity index (χ3v) is 6.18. The fraction of sp³-hybridized carbons (Fsp3) is 0.875. The molecule has 1 heterocycles. The fourth-order valence-electron chi connectivity index (χ4n) is 5.45. The zero-order chi connectivity index (χ0) is 17.6. The Morgan fingerprint density at radius 1 is 1.46 bits per heavy atom. The third-order valence-electron chi connectivity index (χ3n) is 6.18. The Hall–Kier alpha value is -1.22. The van der Waals surface area contributed by atoms with Gasteiger partial charge in [-0.3, -0.25) is 9.59 Å². The van der Waals surface area contributed by atoms with Crippen molar-refractivity contribution in [2.75, 3.05) is 20.2 Å². The lowest BCUT2D eigenvalue weighted by atomic mass is 9.81. The number of rotatable bonds is 5. The first-order valence-electron chi connectivity index (χ1n) is 8.57. The predicted molar refractivity (Wildman–Crippen MR) is 84.7 cm³/mol. The van der Waals surface area contributed by atoms with Gasteiger partial charge in [-0.2, -0.15) is 0 Å². The molecule has 0 aromatic carbocycles. The van der Waals surface area contributed by atoms with Gasteiger partial charge in [-0.1, -0.05) is 0 Å². The minimum absolute atomic E-state index is 0.0498. The summed E-state index contributed by atoms with van der Waals surface area (Å²) in [5, 5.41) is 39.1. The Labute approximate surface area is 141 Å². The van der Waals surface area contributed by atoms with E-state index in [0.29, 0.717) is 19.4 Å². The van der Waals surface area contributed by atoms with Crippen LogP contribution in [0.4, 0.5) is 0 Å². The maximum atomic E-state index is 12.3. The topological polar surface area (TPSA) is 131 Å². The van der Waals surface area contributed by atoms with Gasteiger partial charge in [0.2, 0.25) is 5.91 Å². The van der Waals surface area contributed by atoms with Crippen LogP contribution in [0, 0.1) is 23.7 Å². The van der Waals surface area contributed by atoms with Gasteiger partial charge < -0.3 is 31.3 Å². The smallest absolute Gasteiger partial charge is 0.252 e. The Kier molecular flexibility index (Phi) is 4.59. The van der Waals surface area contributed by atoms with Gasteiger partial charge >= 0.3 is 0 Å². The second-order valence-electron chi connectivity index (χ2n) is 7.48. The standard InChI is InChI=1S/C16H27N3O5/c1-7(21)19-13-10(3-9(22)6-20)14(17-2)12-11(13)8-4-16(12,24)15(23)18-5-8/h8-14,17,20,22,24H,3-6H2,1-2H3,(H,18,23)(H,19,21)/t8-,9+,10-,11+,12-,13-,14+,16-/m1/s1. The first kappa shape index (κ1) is 17.6. The normalized spacial score (nSPS) is 44.8. The van der Waals surface area contributed by atoms with Gasteiger partial charge in [0.05, 0.1) is 12.7 Å². The molecule has 0 radical (unpaired) electrons. The van der Waals surface area contributed by atoms with Gasteiger partial charge in [-0.05, 0) is 37.6 Å². The Morgan fingerprint density at radius 2 is 2.17 bits per heavy atom. The number of hydrogen-bond donors (Lipinski definition) is 6. The van der Waals surface area contributed by atoms with Crippen molar-refractivity contribution in [2.45, 2.75) is 43.6 Å². The van der Waals surface area contributed by atoms with E-state index in [9.17, 15) is 24.9 Å². The number of hydrogen-bond acceptors (Lipinski definition) is 6. The molecule has 2 amide bonds. The highest BCUT2D eigenvalue weighted by molar-refractivity contribution is 5.87. The number of aliphatic hydroxyl groups excluding tert-OH is 2. The third kappa shape index (κ3) is 2.52. The van der Waals surface area contributed by atoms with Gasteiger partial charge in [0.1, 0.15) is 5.60 Å². The highest BCUT2D eigenvalue weighted by Gasteiger charge is 2.68. The van der Waals surface area contributed by atoms with Crippen LogP contribution in [0.15, 0.2) is 0 Å². The van der Waals surface area contributed by atoms with E-state index in [4.69, 9.17) is 0 Å². The monoisotopic (exact) mass is 341 g/mol. The van der Waals surface area contributed by atoms with Crippen molar-refractivity contribution in [1.82, 2.24) is 16.0 Å². The molecule has 2 bridgehead atoms. The second-order valence-corrected chi connectivity index (χ2v) is 7.48. The van der Waals surface area contributed by atoms with Crippen LogP contribution < -0.4 is 16.0 Å². The average Bonchev–Trinajstić information content (AvgIpc) is 2.96. The molecule has 3 fully saturated rings. The fourth-order valence-corrected chi connectivity index (χ4v) is 5.45. The molecule has 136 valence electrons. The van der Waals surface area contributed by atoms with E-state index in [-0.39, 0.29) is 54.2 Å². The molecular weight excluding hydrogens is 314 g/mol. The van der Waals surface area contributed by atoms with Crippen LogP contribution in [0.3, 0.4) is 0 Å². The van der Waals surface area contributed by atoms with Crippen LogP contribution >= 0.6 is 0 Å². The lowest BCUT2D eigenvalue weighted by Gasteiger charge is -2.37.